The molecule has 25 heavy (non-hydrogen) atoms. The number of benzene rings is 2. The fraction of sp³-hybridized carbons (Fsp3) is 0.300. The highest BCUT2D eigenvalue weighted by Crippen LogP contribution is 2.26. The zero-order chi connectivity index (χ0) is 17.6. The lowest BCUT2D eigenvalue weighted by molar-refractivity contribution is -0.120. The number of hydrogen-bond donors (Lipinski definition) is 1. The van der Waals surface area contributed by atoms with Gasteiger partial charge in [0.25, 0.3) is 5.22 Å². The van der Waals surface area contributed by atoms with Crippen LogP contribution in [0.25, 0.3) is 11.1 Å². The molecule has 0 aliphatic carbocycles. The number of aryl methyl sites for hydroxylation is 1. The average molecular weight is 354 g/mol. The van der Waals surface area contributed by atoms with Crippen LogP contribution in [-0.4, -0.2) is 22.2 Å². The molecule has 0 saturated carbocycles. The van der Waals surface area contributed by atoms with Gasteiger partial charge in [-0.15, -0.1) is 0 Å². The van der Waals surface area contributed by atoms with Crippen LogP contribution in [-0.2, 0) is 11.2 Å². The number of nitrogens with zero attached hydrogens (tertiary/aromatic N) is 1. The van der Waals surface area contributed by atoms with E-state index in [2.05, 4.69) is 22.4 Å². The minimum Gasteiger partial charge on any atom is -0.431 e. The van der Waals surface area contributed by atoms with Gasteiger partial charge in [0.1, 0.15) is 5.52 Å². The van der Waals surface area contributed by atoms with E-state index in [4.69, 9.17) is 4.42 Å². The minimum absolute atomic E-state index is 0.00724. The predicted octanol–water partition coefficient (Wildman–Crippen LogP) is 4.45. The van der Waals surface area contributed by atoms with E-state index >= 15 is 0 Å². The molecule has 0 unspecified atom stereocenters. The summed E-state index contributed by atoms with van der Waals surface area (Å²) >= 11 is 1.34. The molecule has 1 amide bonds. The summed E-state index contributed by atoms with van der Waals surface area (Å²) in [6.07, 6.45) is 1.87. The fourth-order valence-electron chi connectivity index (χ4n) is 2.57. The Balaban J connectivity index is 1.49. The Morgan fingerprint density at radius 2 is 1.84 bits per heavy atom. The number of hydrogen-bond acceptors (Lipinski definition) is 4. The van der Waals surface area contributed by atoms with Gasteiger partial charge >= 0.3 is 0 Å². The number of nitrogens with one attached hydrogen (secondary N) is 1. The first kappa shape index (κ1) is 17.5. The van der Waals surface area contributed by atoms with Crippen molar-refractivity contribution in [1.82, 2.24) is 10.3 Å². The molecular formula is C20H22N2O2S. The number of para-hydroxylation sites is 2. The quantitative estimate of drug-likeness (QED) is 0.637. The van der Waals surface area contributed by atoms with Gasteiger partial charge in [-0.25, -0.2) is 4.98 Å². The number of carbonyl (C=O) groups is 1. The molecule has 5 heteroatoms. The van der Waals surface area contributed by atoms with E-state index in [0.29, 0.717) is 5.22 Å². The smallest absolute Gasteiger partial charge is 0.257 e. The Morgan fingerprint density at radius 1 is 1.12 bits per heavy atom. The Morgan fingerprint density at radius 3 is 2.60 bits per heavy atom. The first-order chi connectivity index (χ1) is 12.1. The summed E-state index contributed by atoms with van der Waals surface area (Å²) in [5.74, 6) is 0.00724. The molecular weight excluding hydrogens is 332 g/mol. The molecule has 1 aromatic heterocycles. The van der Waals surface area contributed by atoms with Crippen LogP contribution in [0.1, 0.15) is 25.8 Å². The summed E-state index contributed by atoms with van der Waals surface area (Å²) in [5.41, 5.74) is 2.85. The van der Waals surface area contributed by atoms with Crippen LogP contribution in [0.4, 0.5) is 0 Å². The SMILES string of the molecule is C[C@@H](CCc1ccccc1)NC(=O)[C@@H](C)Sc1nc2ccccc2o1. The standard InChI is InChI=1S/C20H22N2O2S/c1-14(12-13-16-8-4-3-5-9-16)21-19(23)15(2)25-20-22-17-10-6-7-11-18(17)24-20/h3-11,14-15H,12-13H2,1-2H3,(H,21,23)/t14-,15+/m0/s1. The predicted molar refractivity (Wildman–Crippen MR) is 102 cm³/mol. The van der Waals surface area contributed by atoms with Crippen molar-refractivity contribution in [1.29, 1.82) is 0 Å². The molecule has 3 rings (SSSR count). The maximum absolute atomic E-state index is 12.4. The molecule has 0 aliphatic heterocycles. The minimum atomic E-state index is -0.257. The highest BCUT2D eigenvalue weighted by atomic mass is 32.2. The zero-order valence-electron chi connectivity index (χ0n) is 14.4. The number of thioether (sulfide) groups is 1. The molecule has 0 spiro atoms. The third kappa shape index (κ3) is 4.86. The topological polar surface area (TPSA) is 55.1 Å². The van der Waals surface area contributed by atoms with Gasteiger partial charge in [0, 0.05) is 6.04 Å². The van der Waals surface area contributed by atoms with E-state index in [1.165, 1.54) is 17.3 Å². The van der Waals surface area contributed by atoms with Crippen LogP contribution >= 0.6 is 11.8 Å². The van der Waals surface area contributed by atoms with Crippen molar-refractivity contribution in [2.24, 2.45) is 0 Å². The lowest BCUT2D eigenvalue weighted by atomic mass is 10.1. The van der Waals surface area contributed by atoms with Crippen molar-refractivity contribution in [3.05, 3.63) is 60.2 Å². The van der Waals surface area contributed by atoms with Gasteiger partial charge in [0.15, 0.2) is 5.58 Å². The molecule has 0 aliphatic rings. The van der Waals surface area contributed by atoms with E-state index in [9.17, 15) is 4.79 Å². The number of carbonyl (C=O) groups excluding carboxylic acids is 1. The average Bonchev–Trinajstić information content (AvgIpc) is 3.03. The fourth-order valence-corrected chi connectivity index (χ4v) is 3.33. The lowest BCUT2D eigenvalue weighted by Gasteiger charge is -2.16. The van der Waals surface area contributed by atoms with Gasteiger partial charge in [-0.2, -0.15) is 0 Å². The maximum atomic E-state index is 12.4. The largest absolute Gasteiger partial charge is 0.431 e. The van der Waals surface area contributed by atoms with Crippen LogP contribution in [0.3, 0.4) is 0 Å². The Bertz CT molecular complexity index is 799. The van der Waals surface area contributed by atoms with Crippen LogP contribution < -0.4 is 5.32 Å². The molecule has 1 heterocycles. The van der Waals surface area contributed by atoms with Gasteiger partial charge in [0.2, 0.25) is 5.91 Å². The van der Waals surface area contributed by atoms with Gasteiger partial charge in [-0.1, -0.05) is 54.2 Å². The van der Waals surface area contributed by atoms with Crippen molar-refractivity contribution in [2.75, 3.05) is 0 Å². The maximum Gasteiger partial charge on any atom is 0.257 e. The normalized spacial score (nSPS) is 13.5. The Labute approximate surface area is 152 Å². The van der Waals surface area contributed by atoms with Crippen molar-refractivity contribution in [2.45, 2.75) is 43.2 Å². The molecule has 3 aromatic rings. The van der Waals surface area contributed by atoms with Crippen LogP contribution in [0, 0.1) is 0 Å². The molecule has 2 atom stereocenters. The molecule has 4 nitrogen and oxygen atoms in total. The first-order valence-corrected chi connectivity index (χ1v) is 9.36. The van der Waals surface area contributed by atoms with Gasteiger partial charge in [-0.05, 0) is 44.4 Å². The van der Waals surface area contributed by atoms with Crippen LogP contribution in [0.5, 0.6) is 0 Å². The Kier molecular flexibility index (Phi) is 5.76. The molecule has 0 bridgehead atoms. The summed E-state index contributed by atoms with van der Waals surface area (Å²) in [6, 6.07) is 18.0. The molecule has 0 saturated heterocycles. The summed E-state index contributed by atoms with van der Waals surface area (Å²) in [7, 11) is 0. The van der Waals surface area contributed by atoms with Crippen molar-refractivity contribution >= 4 is 28.8 Å². The molecule has 0 radical (unpaired) electrons. The number of rotatable bonds is 7. The summed E-state index contributed by atoms with van der Waals surface area (Å²) in [4.78, 5) is 16.8. The molecule has 130 valence electrons. The Hall–Kier alpha value is -2.27. The molecule has 0 fully saturated rings. The van der Waals surface area contributed by atoms with E-state index < -0.39 is 0 Å². The van der Waals surface area contributed by atoms with Gasteiger partial charge < -0.3 is 9.73 Å². The molecule has 1 N–H and O–H groups in total. The van der Waals surface area contributed by atoms with E-state index in [-0.39, 0.29) is 17.2 Å². The van der Waals surface area contributed by atoms with Crippen molar-refractivity contribution in [3.63, 3.8) is 0 Å². The highest BCUT2D eigenvalue weighted by molar-refractivity contribution is 8.00. The first-order valence-electron chi connectivity index (χ1n) is 8.48. The van der Waals surface area contributed by atoms with Crippen molar-refractivity contribution < 1.29 is 9.21 Å². The molecule has 2 aromatic carbocycles. The van der Waals surface area contributed by atoms with E-state index in [0.717, 1.165) is 23.9 Å². The number of aromatic nitrogens is 1. The summed E-state index contributed by atoms with van der Waals surface area (Å²) in [6.45, 7) is 3.91. The van der Waals surface area contributed by atoms with E-state index in [1.54, 1.807) is 0 Å². The van der Waals surface area contributed by atoms with Crippen LogP contribution in [0.2, 0.25) is 0 Å². The number of oxazole rings is 1. The van der Waals surface area contributed by atoms with Crippen molar-refractivity contribution in [3.8, 4) is 0 Å². The number of amides is 1. The third-order valence-corrected chi connectivity index (χ3v) is 4.96. The van der Waals surface area contributed by atoms with Gasteiger partial charge in [-0.3, -0.25) is 4.79 Å². The monoisotopic (exact) mass is 354 g/mol. The summed E-state index contributed by atoms with van der Waals surface area (Å²) in [5, 5.41) is 3.35. The second kappa shape index (κ2) is 8.21. The lowest BCUT2D eigenvalue weighted by Crippen LogP contribution is -2.37. The zero-order valence-corrected chi connectivity index (χ0v) is 15.3. The second-order valence-electron chi connectivity index (χ2n) is 6.14. The summed E-state index contributed by atoms with van der Waals surface area (Å²) < 4.78 is 5.67. The van der Waals surface area contributed by atoms with Crippen LogP contribution in [0.15, 0.2) is 64.2 Å². The third-order valence-electron chi connectivity index (χ3n) is 4.02. The van der Waals surface area contributed by atoms with E-state index in [1.807, 2.05) is 56.3 Å². The number of fused-ring (bicyclic) bond motifs is 1. The second-order valence-corrected chi connectivity index (χ2v) is 7.43. The van der Waals surface area contributed by atoms with Gasteiger partial charge in [0.05, 0.1) is 5.25 Å². The highest BCUT2D eigenvalue weighted by Gasteiger charge is 2.19.